The van der Waals surface area contributed by atoms with Crippen LogP contribution in [0.4, 0.5) is 11.4 Å². The maximum Gasteiger partial charge on any atom is 0.292 e. The second-order valence-electron chi connectivity index (χ2n) is 5.41. The molecule has 1 N–H and O–H groups in total. The predicted molar refractivity (Wildman–Crippen MR) is 91.0 cm³/mol. The van der Waals surface area contributed by atoms with Crippen molar-refractivity contribution in [3.05, 3.63) is 64.2 Å². The van der Waals surface area contributed by atoms with Crippen molar-refractivity contribution in [3.8, 4) is 5.75 Å². The molecular formula is C17H21N3O3. The third-order valence-corrected chi connectivity index (χ3v) is 3.69. The molecule has 122 valence electrons. The molecule has 0 aromatic heterocycles. The number of nitro benzene ring substituents is 1. The quantitative estimate of drug-likeness (QED) is 0.627. The molecule has 0 saturated carbocycles. The molecule has 2 aromatic carbocycles. The fraction of sp³-hybridized carbons (Fsp3) is 0.294. The first-order valence-corrected chi connectivity index (χ1v) is 7.30. The Kier molecular flexibility index (Phi) is 5.54. The Morgan fingerprint density at radius 3 is 2.61 bits per heavy atom. The van der Waals surface area contributed by atoms with E-state index in [4.69, 9.17) is 4.74 Å². The molecule has 6 heteroatoms. The topological polar surface area (TPSA) is 67.6 Å². The molecule has 0 saturated heterocycles. The lowest BCUT2D eigenvalue weighted by Gasteiger charge is -2.25. The number of likely N-dealkylation sites (N-methyl/N-ethyl adjacent to an activating group) is 1. The fourth-order valence-electron chi connectivity index (χ4n) is 2.44. The summed E-state index contributed by atoms with van der Waals surface area (Å²) in [5.41, 5.74) is 1.68. The number of nitrogens with zero attached hydrogens (tertiary/aromatic N) is 2. The first kappa shape index (κ1) is 16.8. The third-order valence-electron chi connectivity index (χ3n) is 3.69. The second kappa shape index (κ2) is 7.60. The summed E-state index contributed by atoms with van der Waals surface area (Å²) in [6.45, 7) is 0.547. The van der Waals surface area contributed by atoms with E-state index in [9.17, 15) is 10.1 Å². The molecule has 23 heavy (non-hydrogen) atoms. The van der Waals surface area contributed by atoms with Gasteiger partial charge in [-0.25, -0.2) is 0 Å². The van der Waals surface area contributed by atoms with E-state index in [0.717, 1.165) is 11.3 Å². The third kappa shape index (κ3) is 4.20. The molecule has 0 fully saturated rings. The van der Waals surface area contributed by atoms with E-state index in [2.05, 4.69) is 10.2 Å². The SMILES string of the molecule is COc1cccc(C(CNc2ccccc2[N+](=O)[O-])N(C)C)c1. The van der Waals surface area contributed by atoms with E-state index in [1.165, 1.54) is 6.07 Å². The first-order chi connectivity index (χ1) is 11.0. The Morgan fingerprint density at radius 2 is 1.96 bits per heavy atom. The van der Waals surface area contributed by atoms with E-state index in [-0.39, 0.29) is 16.7 Å². The van der Waals surface area contributed by atoms with E-state index in [1.54, 1.807) is 25.3 Å². The van der Waals surface area contributed by atoms with Crippen LogP contribution >= 0.6 is 0 Å². The van der Waals surface area contributed by atoms with Gasteiger partial charge in [-0.3, -0.25) is 10.1 Å². The van der Waals surface area contributed by atoms with Crippen LogP contribution in [-0.2, 0) is 0 Å². The van der Waals surface area contributed by atoms with Gasteiger partial charge in [-0.05, 0) is 37.9 Å². The molecule has 0 amide bonds. The number of hydrogen-bond donors (Lipinski definition) is 1. The number of hydrogen-bond acceptors (Lipinski definition) is 5. The molecule has 2 aromatic rings. The standard InChI is InChI=1S/C17H21N3O3/c1-19(2)17(13-7-6-8-14(11-13)23-3)12-18-15-9-4-5-10-16(15)20(21)22/h4-11,17-18H,12H2,1-3H3. The molecule has 1 unspecified atom stereocenters. The number of anilines is 1. The average molecular weight is 315 g/mol. The monoisotopic (exact) mass is 315 g/mol. The summed E-state index contributed by atoms with van der Waals surface area (Å²) >= 11 is 0. The zero-order chi connectivity index (χ0) is 16.8. The number of nitro groups is 1. The molecular weight excluding hydrogens is 294 g/mol. The number of rotatable bonds is 7. The average Bonchev–Trinajstić information content (AvgIpc) is 2.55. The van der Waals surface area contributed by atoms with Gasteiger partial charge in [-0.2, -0.15) is 0 Å². The van der Waals surface area contributed by atoms with Gasteiger partial charge in [0.1, 0.15) is 11.4 Å². The van der Waals surface area contributed by atoms with Crippen molar-refractivity contribution in [2.24, 2.45) is 0 Å². The van der Waals surface area contributed by atoms with Gasteiger partial charge in [0.05, 0.1) is 18.1 Å². The lowest BCUT2D eigenvalue weighted by molar-refractivity contribution is -0.384. The van der Waals surface area contributed by atoms with Crippen LogP contribution in [0.3, 0.4) is 0 Å². The summed E-state index contributed by atoms with van der Waals surface area (Å²) in [7, 11) is 5.59. The van der Waals surface area contributed by atoms with Crippen molar-refractivity contribution in [2.45, 2.75) is 6.04 Å². The minimum atomic E-state index is -0.376. The highest BCUT2D eigenvalue weighted by atomic mass is 16.6. The molecule has 0 radical (unpaired) electrons. The largest absolute Gasteiger partial charge is 0.497 e. The molecule has 0 spiro atoms. The van der Waals surface area contributed by atoms with Gasteiger partial charge in [0, 0.05) is 12.6 Å². The molecule has 0 bridgehead atoms. The van der Waals surface area contributed by atoms with Gasteiger partial charge in [0.25, 0.3) is 5.69 Å². The summed E-state index contributed by atoms with van der Waals surface area (Å²) in [6.07, 6.45) is 0. The van der Waals surface area contributed by atoms with Crippen LogP contribution in [0.1, 0.15) is 11.6 Å². The van der Waals surface area contributed by atoms with Crippen molar-refractivity contribution in [1.29, 1.82) is 0 Å². The lowest BCUT2D eigenvalue weighted by atomic mass is 10.1. The smallest absolute Gasteiger partial charge is 0.292 e. The fourth-order valence-corrected chi connectivity index (χ4v) is 2.44. The highest BCUT2D eigenvalue weighted by Gasteiger charge is 2.17. The van der Waals surface area contributed by atoms with Gasteiger partial charge in [0.15, 0.2) is 0 Å². The van der Waals surface area contributed by atoms with E-state index >= 15 is 0 Å². The Bertz CT molecular complexity index is 674. The van der Waals surface area contributed by atoms with Gasteiger partial charge >= 0.3 is 0 Å². The highest BCUT2D eigenvalue weighted by Crippen LogP contribution is 2.26. The molecule has 1 atom stereocenters. The maximum absolute atomic E-state index is 11.1. The van der Waals surface area contributed by atoms with Crippen molar-refractivity contribution < 1.29 is 9.66 Å². The van der Waals surface area contributed by atoms with E-state index < -0.39 is 0 Å². The summed E-state index contributed by atoms with van der Waals surface area (Å²) in [6, 6.07) is 14.6. The van der Waals surface area contributed by atoms with Gasteiger partial charge in [0.2, 0.25) is 0 Å². The molecule has 2 rings (SSSR count). The summed E-state index contributed by atoms with van der Waals surface area (Å²) in [4.78, 5) is 12.8. The number of nitrogens with one attached hydrogen (secondary N) is 1. The summed E-state index contributed by atoms with van der Waals surface area (Å²) < 4.78 is 5.27. The summed E-state index contributed by atoms with van der Waals surface area (Å²) in [5.74, 6) is 0.792. The Labute approximate surface area is 135 Å². The van der Waals surface area contributed by atoms with Crippen LogP contribution in [-0.4, -0.2) is 37.6 Å². The van der Waals surface area contributed by atoms with Crippen LogP contribution in [0.25, 0.3) is 0 Å². The zero-order valence-electron chi connectivity index (χ0n) is 13.5. The first-order valence-electron chi connectivity index (χ1n) is 7.30. The number of ether oxygens (including phenoxy) is 1. The second-order valence-corrected chi connectivity index (χ2v) is 5.41. The maximum atomic E-state index is 11.1. The highest BCUT2D eigenvalue weighted by molar-refractivity contribution is 5.61. The van der Waals surface area contributed by atoms with E-state index in [1.807, 2.05) is 38.4 Å². The normalized spacial score (nSPS) is 12.0. The predicted octanol–water partition coefficient (Wildman–Crippen LogP) is 3.32. The number of para-hydroxylation sites is 2. The number of methoxy groups -OCH3 is 1. The van der Waals surface area contributed by atoms with Crippen LogP contribution < -0.4 is 10.1 Å². The van der Waals surface area contributed by atoms with Gasteiger partial charge < -0.3 is 15.0 Å². The Balaban J connectivity index is 2.19. The van der Waals surface area contributed by atoms with Crippen molar-refractivity contribution in [2.75, 3.05) is 33.1 Å². The summed E-state index contributed by atoms with van der Waals surface area (Å²) in [5, 5.41) is 14.3. The van der Waals surface area contributed by atoms with Crippen molar-refractivity contribution in [3.63, 3.8) is 0 Å². The number of benzene rings is 2. The minimum Gasteiger partial charge on any atom is -0.497 e. The molecule has 0 heterocycles. The van der Waals surface area contributed by atoms with Gasteiger partial charge in [-0.15, -0.1) is 0 Å². The van der Waals surface area contributed by atoms with E-state index in [0.29, 0.717) is 12.2 Å². The van der Waals surface area contributed by atoms with Crippen LogP contribution in [0.2, 0.25) is 0 Å². The molecule has 0 aliphatic rings. The van der Waals surface area contributed by atoms with Crippen LogP contribution in [0.5, 0.6) is 5.75 Å². The molecule has 0 aliphatic heterocycles. The van der Waals surface area contributed by atoms with Gasteiger partial charge in [-0.1, -0.05) is 24.3 Å². The Morgan fingerprint density at radius 1 is 1.22 bits per heavy atom. The van der Waals surface area contributed by atoms with Crippen LogP contribution in [0.15, 0.2) is 48.5 Å². The van der Waals surface area contributed by atoms with Crippen molar-refractivity contribution >= 4 is 11.4 Å². The zero-order valence-corrected chi connectivity index (χ0v) is 13.5. The molecule has 6 nitrogen and oxygen atoms in total. The lowest BCUT2D eigenvalue weighted by Crippen LogP contribution is -2.27. The van der Waals surface area contributed by atoms with Crippen molar-refractivity contribution in [1.82, 2.24) is 4.90 Å². The molecule has 0 aliphatic carbocycles. The Hall–Kier alpha value is -2.60. The minimum absolute atomic E-state index is 0.0601. The van der Waals surface area contributed by atoms with Crippen LogP contribution in [0, 0.1) is 10.1 Å².